The Hall–Kier alpha value is -1.54. The molecule has 0 spiro atoms. The summed E-state index contributed by atoms with van der Waals surface area (Å²) in [6.45, 7) is 9.31. The van der Waals surface area contributed by atoms with E-state index >= 15 is 0 Å². The summed E-state index contributed by atoms with van der Waals surface area (Å²) >= 11 is 1.46. The number of aromatic nitrogens is 2. The molecule has 166 valence electrons. The van der Waals surface area contributed by atoms with Crippen LogP contribution in [0.1, 0.15) is 47.0 Å². The van der Waals surface area contributed by atoms with Crippen molar-refractivity contribution in [3.63, 3.8) is 0 Å². The van der Waals surface area contributed by atoms with Gasteiger partial charge in [-0.1, -0.05) is 44.7 Å². The minimum absolute atomic E-state index is 0.00100. The van der Waals surface area contributed by atoms with Gasteiger partial charge in [-0.25, -0.2) is 13.4 Å². The van der Waals surface area contributed by atoms with Gasteiger partial charge in [0, 0.05) is 18.6 Å². The number of amides is 1. The van der Waals surface area contributed by atoms with Crippen molar-refractivity contribution in [3.8, 4) is 0 Å². The molecule has 0 bridgehead atoms. The number of para-hydroxylation sites is 2. The monoisotopic (exact) mass is 451 g/mol. The number of thioether (sulfide) groups is 1. The topological polar surface area (TPSA) is 72.3 Å². The third kappa shape index (κ3) is 5.38. The molecule has 0 radical (unpaired) electrons. The van der Waals surface area contributed by atoms with Gasteiger partial charge in [-0.05, 0) is 44.2 Å². The minimum Gasteiger partial charge on any atom is -0.335 e. The smallest absolute Gasteiger partial charge is 0.233 e. The Kier molecular flexibility index (Phi) is 7.50. The van der Waals surface area contributed by atoms with Crippen LogP contribution in [0, 0.1) is 5.92 Å². The Bertz CT molecular complexity index is 985. The molecule has 2 atom stereocenters. The first-order valence-corrected chi connectivity index (χ1v) is 13.6. The molecule has 1 aromatic heterocycles. The van der Waals surface area contributed by atoms with Crippen molar-refractivity contribution in [2.24, 2.45) is 5.92 Å². The molecule has 0 N–H and O–H groups in total. The average molecular weight is 452 g/mol. The molecule has 1 saturated heterocycles. The molecule has 1 fully saturated rings. The number of hydrogen-bond acceptors (Lipinski definition) is 5. The number of rotatable bonds is 9. The van der Waals surface area contributed by atoms with Crippen LogP contribution in [0.2, 0.25) is 0 Å². The SMILES string of the molecule is CCC(C)N(C(=O)CSc1nc2ccccc2n1CCC(C)C)C1CCS(=O)(=O)C1. The summed E-state index contributed by atoms with van der Waals surface area (Å²) in [5, 5.41) is 0.855. The Labute approximate surface area is 184 Å². The van der Waals surface area contributed by atoms with Crippen molar-refractivity contribution < 1.29 is 13.2 Å². The van der Waals surface area contributed by atoms with E-state index in [0.29, 0.717) is 12.3 Å². The van der Waals surface area contributed by atoms with Gasteiger partial charge in [-0.15, -0.1) is 0 Å². The van der Waals surface area contributed by atoms with E-state index in [1.165, 1.54) is 11.8 Å². The molecule has 8 heteroatoms. The minimum atomic E-state index is -3.04. The maximum absolute atomic E-state index is 13.2. The average Bonchev–Trinajstić information content (AvgIpc) is 3.23. The van der Waals surface area contributed by atoms with E-state index in [1.54, 1.807) is 0 Å². The molecule has 1 aliphatic heterocycles. The van der Waals surface area contributed by atoms with Gasteiger partial charge in [0.15, 0.2) is 15.0 Å². The molecular formula is C22H33N3O3S2. The fourth-order valence-electron chi connectivity index (χ4n) is 3.97. The molecule has 2 aromatic rings. The Morgan fingerprint density at radius 3 is 2.67 bits per heavy atom. The predicted molar refractivity (Wildman–Crippen MR) is 124 cm³/mol. The van der Waals surface area contributed by atoms with Crippen LogP contribution in [0.25, 0.3) is 11.0 Å². The van der Waals surface area contributed by atoms with E-state index in [4.69, 9.17) is 4.98 Å². The molecule has 6 nitrogen and oxygen atoms in total. The lowest BCUT2D eigenvalue weighted by Crippen LogP contribution is -2.47. The third-order valence-corrected chi connectivity index (χ3v) is 8.54. The maximum Gasteiger partial charge on any atom is 0.233 e. The number of hydrogen-bond donors (Lipinski definition) is 0. The Morgan fingerprint density at radius 1 is 1.30 bits per heavy atom. The number of carbonyl (C=O) groups excluding carboxylic acids is 1. The lowest BCUT2D eigenvalue weighted by molar-refractivity contribution is -0.132. The van der Waals surface area contributed by atoms with Gasteiger partial charge < -0.3 is 9.47 Å². The lowest BCUT2D eigenvalue weighted by atomic mass is 10.1. The first-order chi connectivity index (χ1) is 14.2. The fraction of sp³-hybridized carbons (Fsp3) is 0.636. The summed E-state index contributed by atoms with van der Waals surface area (Å²) in [4.78, 5) is 19.8. The molecule has 0 aliphatic carbocycles. The van der Waals surface area contributed by atoms with Crippen LogP contribution in [0.15, 0.2) is 29.4 Å². The van der Waals surface area contributed by atoms with Crippen molar-refractivity contribution in [2.45, 2.75) is 70.7 Å². The highest BCUT2D eigenvalue weighted by Crippen LogP contribution is 2.27. The van der Waals surface area contributed by atoms with E-state index in [-0.39, 0.29) is 35.2 Å². The summed E-state index contributed by atoms with van der Waals surface area (Å²) in [5.41, 5.74) is 2.03. The number of carbonyl (C=O) groups is 1. The van der Waals surface area contributed by atoms with Crippen molar-refractivity contribution in [2.75, 3.05) is 17.3 Å². The Balaban J connectivity index is 1.78. The predicted octanol–water partition coefficient (Wildman–Crippen LogP) is 3.99. The number of fused-ring (bicyclic) bond motifs is 1. The lowest BCUT2D eigenvalue weighted by Gasteiger charge is -2.33. The van der Waals surface area contributed by atoms with E-state index in [2.05, 4.69) is 24.5 Å². The molecule has 1 amide bonds. The van der Waals surface area contributed by atoms with Crippen LogP contribution >= 0.6 is 11.8 Å². The number of aryl methyl sites for hydroxylation is 1. The van der Waals surface area contributed by atoms with Crippen LogP contribution in [0.5, 0.6) is 0 Å². The van der Waals surface area contributed by atoms with Crippen LogP contribution in [0.4, 0.5) is 0 Å². The van der Waals surface area contributed by atoms with Gasteiger partial charge in [-0.2, -0.15) is 0 Å². The zero-order valence-electron chi connectivity index (χ0n) is 18.4. The van der Waals surface area contributed by atoms with Crippen LogP contribution in [0.3, 0.4) is 0 Å². The standard InChI is InChI=1S/C22H33N3O3S2/c1-5-17(4)25(18-11-13-30(27,28)15-18)21(26)14-29-22-23-19-8-6-7-9-20(19)24(22)12-10-16(2)3/h6-9,16-18H,5,10-15H2,1-4H3. The summed E-state index contributed by atoms with van der Waals surface area (Å²) in [7, 11) is -3.04. The first-order valence-electron chi connectivity index (χ1n) is 10.8. The second kappa shape index (κ2) is 9.73. The molecule has 1 aromatic carbocycles. The maximum atomic E-state index is 13.2. The van der Waals surface area contributed by atoms with Crippen molar-refractivity contribution in [1.29, 1.82) is 0 Å². The molecular weight excluding hydrogens is 418 g/mol. The third-order valence-electron chi connectivity index (χ3n) is 5.83. The van der Waals surface area contributed by atoms with E-state index in [9.17, 15) is 13.2 Å². The molecule has 1 aliphatic rings. The molecule has 3 rings (SSSR count). The molecule has 2 heterocycles. The van der Waals surface area contributed by atoms with Gasteiger partial charge in [0.2, 0.25) is 5.91 Å². The summed E-state index contributed by atoms with van der Waals surface area (Å²) < 4.78 is 26.2. The molecule has 30 heavy (non-hydrogen) atoms. The summed E-state index contributed by atoms with van der Waals surface area (Å²) in [6, 6.07) is 7.88. The van der Waals surface area contributed by atoms with Crippen LogP contribution in [-0.2, 0) is 21.2 Å². The normalized spacial score (nSPS) is 19.4. The van der Waals surface area contributed by atoms with E-state index in [0.717, 1.165) is 35.6 Å². The number of nitrogens with zero attached hydrogens (tertiary/aromatic N) is 3. The number of imidazole rings is 1. The Morgan fingerprint density at radius 2 is 2.03 bits per heavy atom. The van der Waals surface area contributed by atoms with Gasteiger partial charge in [0.1, 0.15) is 0 Å². The summed E-state index contributed by atoms with van der Waals surface area (Å²) in [5.74, 6) is 1.11. The van der Waals surface area contributed by atoms with Gasteiger partial charge in [0.05, 0.1) is 28.3 Å². The van der Waals surface area contributed by atoms with Gasteiger partial charge in [0.25, 0.3) is 0 Å². The van der Waals surface area contributed by atoms with Gasteiger partial charge >= 0.3 is 0 Å². The quantitative estimate of drug-likeness (QED) is 0.539. The molecule has 0 saturated carbocycles. The van der Waals surface area contributed by atoms with Crippen molar-refractivity contribution >= 4 is 38.5 Å². The zero-order chi connectivity index (χ0) is 21.9. The van der Waals surface area contributed by atoms with Crippen molar-refractivity contribution in [3.05, 3.63) is 24.3 Å². The van der Waals surface area contributed by atoms with Crippen LogP contribution < -0.4 is 0 Å². The highest BCUT2D eigenvalue weighted by Gasteiger charge is 2.36. The fourth-order valence-corrected chi connectivity index (χ4v) is 6.59. The highest BCUT2D eigenvalue weighted by atomic mass is 32.2. The van der Waals surface area contributed by atoms with Gasteiger partial charge in [-0.3, -0.25) is 4.79 Å². The number of benzene rings is 1. The summed E-state index contributed by atoms with van der Waals surface area (Å²) in [6.07, 6.45) is 2.39. The van der Waals surface area contributed by atoms with Crippen molar-refractivity contribution in [1.82, 2.24) is 14.5 Å². The highest BCUT2D eigenvalue weighted by molar-refractivity contribution is 7.99. The number of sulfone groups is 1. The molecule has 2 unspecified atom stereocenters. The second-order valence-corrected chi connectivity index (χ2v) is 11.8. The van der Waals surface area contributed by atoms with E-state index in [1.807, 2.05) is 36.9 Å². The van der Waals surface area contributed by atoms with E-state index < -0.39 is 9.84 Å². The zero-order valence-corrected chi connectivity index (χ0v) is 20.0. The second-order valence-electron chi connectivity index (χ2n) is 8.62. The first kappa shape index (κ1) is 23.1. The van der Waals surface area contributed by atoms with Crippen LogP contribution in [-0.4, -0.2) is 58.1 Å². The largest absolute Gasteiger partial charge is 0.335 e.